The number of amidine groups is 1. The fourth-order valence-corrected chi connectivity index (χ4v) is 1.32. The molecule has 3 nitrogen and oxygen atoms in total. The Morgan fingerprint density at radius 3 is 2.79 bits per heavy atom. The van der Waals surface area contributed by atoms with Gasteiger partial charge in [0, 0.05) is 4.47 Å². The second kappa shape index (κ2) is 5.12. The molecule has 0 aliphatic rings. The SMILES string of the molecule is CC(OCc1ccccc1Br)C(=N)N. The minimum atomic E-state index is -0.331. The molecule has 0 fully saturated rings. The molecule has 1 unspecified atom stereocenters. The minimum Gasteiger partial charge on any atom is -0.385 e. The summed E-state index contributed by atoms with van der Waals surface area (Å²) in [5, 5.41) is 7.16. The van der Waals surface area contributed by atoms with Gasteiger partial charge in [-0.1, -0.05) is 34.1 Å². The number of hydrogen-bond donors (Lipinski definition) is 2. The normalized spacial score (nSPS) is 12.4. The highest BCUT2D eigenvalue weighted by molar-refractivity contribution is 9.10. The molecule has 3 N–H and O–H groups in total. The molecule has 4 heteroatoms. The topological polar surface area (TPSA) is 59.1 Å². The summed E-state index contributed by atoms with van der Waals surface area (Å²) in [6.07, 6.45) is -0.331. The van der Waals surface area contributed by atoms with Crippen LogP contribution in [-0.2, 0) is 11.3 Å². The smallest absolute Gasteiger partial charge is 0.120 e. The van der Waals surface area contributed by atoms with E-state index in [0.717, 1.165) is 10.0 Å². The summed E-state index contributed by atoms with van der Waals surface area (Å²) < 4.78 is 6.40. The molecule has 14 heavy (non-hydrogen) atoms. The Labute approximate surface area is 91.9 Å². The summed E-state index contributed by atoms with van der Waals surface area (Å²) in [5.74, 6) is 0.0528. The summed E-state index contributed by atoms with van der Waals surface area (Å²) in [5.41, 5.74) is 6.34. The average molecular weight is 257 g/mol. The molecule has 0 amide bonds. The van der Waals surface area contributed by atoms with Crippen LogP contribution in [0.2, 0.25) is 0 Å². The van der Waals surface area contributed by atoms with E-state index >= 15 is 0 Å². The van der Waals surface area contributed by atoms with Gasteiger partial charge in [-0.05, 0) is 18.6 Å². The number of halogens is 1. The summed E-state index contributed by atoms with van der Waals surface area (Å²) in [4.78, 5) is 0. The van der Waals surface area contributed by atoms with Crippen LogP contribution < -0.4 is 5.73 Å². The van der Waals surface area contributed by atoms with Crippen LogP contribution in [0.1, 0.15) is 12.5 Å². The zero-order chi connectivity index (χ0) is 10.6. The highest BCUT2D eigenvalue weighted by Gasteiger charge is 2.06. The molecule has 76 valence electrons. The van der Waals surface area contributed by atoms with Crippen molar-refractivity contribution in [2.24, 2.45) is 5.73 Å². The van der Waals surface area contributed by atoms with E-state index in [1.54, 1.807) is 6.92 Å². The van der Waals surface area contributed by atoms with Gasteiger partial charge in [-0.25, -0.2) is 0 Å². The van der Waals surface area contributed by atoms with Crippen molar-refractivity contribution in [2.75, 3.05) is 0 Å². The number of hydrogen-bond acceptors (Lipinski definition) is 2. The number of benzene rings is 1. The first kappa shape index (κ1) is 11.2. The third-order valence-electron chi connectivity index (χ3n) is 1.88. The van der Waals surface area contributed by atoms with Crippen molar-refractivity contribution in [1.82, 2.24) is 0 Å². The van der Waals surface area contributed by atoms with E-state index in [9.17, 15) is 0 Å². The zero-order valence-corrected chi connectivity index (χ0v) is 9.54. The van der Waals surface area contributed by atoms with Crippen LogP contribution in [0.25, 0.3) is 0 Å². The Morgan fingerprint density at radius 1 is 1.57 bits per heavy atom. The van der Waals surface area contributed by atoms with Crippen LogP contribution in [0.4, 0.5) is 0 Å². The van der Waals surface area contributed by atoms with Crippen LogP contribution in [0.5, 0.6) is 0 Å². The summed E-state index contributed by atoms with van der Waals surface area (Å²) in [6.45, 7) is 2.22. The molecule has 0 aliphatic carbocycles. The molecule has 0 radical (unpaired) electrons. The third-order valence-corrected chi connectivity index (χ3v) is 2.66. The minimum absolute atomic E-state index is 0.0528. The molecule has 0 saturated carbocycles. The van der Waals surface area contributed by atoms with E-state index in [2.05, 4.69) is 15.9 Å². The quantitative estimate of drug-likeness (QED) is 0.642. The molecule has 1 aromatic rings. The van der Waals surface area contributed by atoms with Crippen molar-refractivity contribution in [3.8, 4) is 0 Å². The first-order valence-corrected chi connectivity index (χ1v) is 5.09. The highest BCUT2D eigenvalue weighted by atomic mass is 79.9. The van der Waals surface area contributed by atoms with E-state index in [1.165, 1.54) is 0 Å². The summed E-state index contributed by atoms with van der Waals surface area (Å²) in [6, 6.07) is 7.82. The molecule has 0 saturated heterocycles. The Morgan fingerprint density at radius 2 is 2.21 bits per heavy atom. The van der Waals surface area contributed by atoms with Crippen LogP contribution in [0.3, 0.4) is 0 Å². The maximum Gasteiger partial charge on any atom is 0.120 e. The van der Waals surface area contributed by atoms with Gasteiger partial charge in [0.15, 0.2) is 0 Å². The van der Waals surface area contributed by atoms with E-state index in [4.69, 9.17) is 15.9 Å². The highest BCUT2D eigenvalue weighted by Crippen LogP contribution is 2.17. The first-order valence-electron chi connectivity index (χ1n) is 4.30. The van der Waals surface area contributed by atoms with Gasteiger partial charge in [0.2, 0.25) is 0 Å². The first-order chi connectivity index (χ1) is 6.61. The second-order valence-electron chi connectivity index (χ2n) is 3.00. The molecule has 0 bridgehead atoms. The molecule has 0 heterocycles. The number of nitrogens with one attached hydrogen (secondary N) is 1. The van der Waals surface area contributed by atoms with Gasteiger partial charge in [-0.2, -0.15) is 0 Å². The summed E-state index contributed by atoms with van der Waals surface area (Å²) >= 11 is 3.42. The average Bonchev–Trinajstić information content (AvgIpc) is 2.16. The number of ether oxygens (including phenoxy) is 1. The predicted octanol–water partition coefficient (Wildman–Crippen LogP) is 2.29. The number of rotatable bonds is 4. The molecule has 0 aromatic heterocycles. The van der Waals surface area contributed by atoms with Crippen molar-refractivity contribution in [3.05, 3.63) is 34.3 Å². The van der Waals surface area contributed by atoms with Crippen molar-refractivity contribution in [1.29, 1.82) is 5.41 Å². The van der Waals surface area contributed by atoms with Crippen molar-refractivity contribution >= 4 is 21.8 Å². The van der Waals surface area contributed by atoms with E-state index in [1.807, 2.05) is 24.3 Å². The standard InChI is InChI=1S/C10H13BrN2O/c1-7(10(12)13)14-6-8-4-2-3-5-9(8)11/h2-5,7H,6H2,1H3,(H3,12,13). The van der Waals surface area contributed by atoms with Gasteiger partial charge in [-0.15, -0.1) is 0 Å². The van der Waals surface area contributed by atoms with Crippen LogP contribution in [0, 0.1) is 5.41 Å². The van der Waals surface area contributed by atoms with Crippen LogP contribution in [0.15, 0.2) is 28.7 Å². The van der Waals surface area contributed by atoms with Crippen LogP contribution >= 0.6 is 15.9 Å². The molecule has 1 aromatic carbocycles. The maximum atomic E-state index is 7.16. The molecular weight excluding hydrogens is 244 g/mol. The lowest BCUT2D eigenvalue weighted by Gasteiger charge is -2.11. The van der Waals surface area contributed by atoms with Crippen molar-refractivity contribution in [2.45, 2.75) is 19.6 Å². The van der Waals surface area contributed by atoms with Gasteiger partial charge in [0.1, 0.15) is 11.9 Å². The van der Waals surface area contributed by atoms with Gasteiger partial charge in [-0.3, -0.25) is 5.41 Å². The Hall–Kier alpha value is -0.870. The predicted molar refractivity (Wildman–Crippen MR) is 60.3 cm³/mol. The lowest BCUT2D eigenvalue weighted by Crippen LogP contribution is -2.27. The molecule has 1 atom stereocenters. The van der Waals surface area contributed by atoms with Crippen molar-refractivity contribution < 1.29 is 4.74 Å². The summed E-state index contributed by atoms with van der Waals surface area (Å²) in [7, 11) is 0. The molecular formula is C10H13BrN2O. The van der Waals surface area contributed by atoms with Crippen molar-refractivity contribution in [3.63, 3.8) is 0 Å². The van der Waals surface area contributed by atoms with E-state index in [-0.39, 0.29) is 11.9 Å². The molecule has 0 aliphatic heterocycles. The van der Waals surface area contributed by atoms with Gasteiger partial charge in [0.05, 0.1) is 6.61 Å². The van der Waals surface area contributed by atoms with Gasteiger partial charge in [0.25, 0.3) is 0 Å². The Bertz CT molecular complexity index is 328. The van der Waals surface area contributed by atoms with E-state index < -0.39 is 0 Å². The third kappa shape index (κ3) is 3.12. The second-order valence-corrected chi connectivity index (χ2v) is 3.85. The maximum absolute atomic E-state index is 7.16. The van der Waals surface area contributed by atoms with E-state index in [0.29, 0.717) is 6.61 Å². The fraction of sp³-hybridized carbons (Fsp3) is 0.300. The van der Waals surface area contributed by atoms with Gasteiger partial charge < -0.3 is 10.5 Å². The number of nitrogens with two attached hydrogens (primary N) is 1. The van der Waals surface area contributed by atoms with Crippen LogP contribution in [-0.4, -0.2) is 11.9 Å². The monoisotopic (exact) mass is 256 g/mol. The fourth-order valence-electron chi connectivity index (χ4n) is 0.920. The molecule has 1 rings (SSSR count). The van der Waals surface area contributed by atoms with Gasteiger partial charge >= 0.3 is 0 Å². The lowest BCUT2D eigenvalue weighted by molar-refractivity contribution is 0.0944. The zero-order valence-electron chi connectivity index (χ0n) is 7.96. The largest absolute Gasteiger partial charge is 0.385 e. The molecule has 0 spiro atoms. The Balaban J connectivity index is 2.54. The Kier molecular flexibility index (Phi) is 4.10. The lowest BCUT2D eigenvalue weighted by atomic mass is 10.2.